The lowest BCUT2D eigenvalue weighted by Crippen LogP contribution is -2.55. The maximum atomic E-state index is 13.4. The average Bonchev–Trinajstić information content (AvgIpc) is 2.93. The number of rotatable bonds is 1. The van der Waals surface area contributed by atoms with Crippen LogP contribution in [0.15, 0.2) is 0 Å². The molecule has 25 heavy (non-hydrogen) atoms. The highest BCUT2D eigenvalue weighted by atomic mass is 32.1. The summed E-state index contributed by atoms with van der Waals surface area (Å²) < 4.78 is 0. The van der Waals surface area contributed by atoms with Crippen molar-refractivity contribution in [3.05, 3.63) is 15.6 Å². The molecule has 3 heterocycles. The van der Waals surface area contributed by atoms with E-state index in [0.717, 1.165) is 47.7 Å². The predicted octanol–water partition coefficient (Wildman–Crippen LogP) is 3.15. The number of hydrogen-bond donors (Lipinski definition) is 0. The number of aromatic nitrogens is 1. The van der Waals surface area contributed by atoms with Gasteiger partial charge in [0.2, 0.25) is 5.91 Å². The van der Waals surface area contributed by atoms with E-state index in [2.05, 4.69) is 21.7 Å². The smallest absolute Gasteiger partial charge is 0.266 e. The summed E-state index contributed by atoms with van der Waals surface area (Å²) in [7, 11) is 0. The van der Waals surface area contributed by atoms with Gasteiger partial charge in [-0.15, -0.1) is 11.3 Å². The van der Waals surface area contributed by atoms with Gasteiger partial charge in [-0.1, -0.05) is 19.8 Å². The second kappa shape index (κ2) is 5.79. The molecule has 3 fully saturated rings. The lowest BCUT2D eigenvalue weighted by molar-refractivity contribution is -0.132. The SMILES string of the molecule is CC(=O)N1[C@@H]2CN(C(=O)c3sc(C)nc3C)[C@@H]3CCCC[C@H]1[C@]3(C)C2. The van der Waals surface area contributed by atoms with Crippen molar-refractivity contribution in [2.24, 2.45) is 5.41 Å². The molecule has 2 aliphatic heterocycles. The van der Waals surface area contributed by atoms with Crippen molar-refractivity contribution in [1.29, 1.82) is 0 Å². The van der Waals surface area contributed by atoms with E-state index >= 15 is 0 Å². The van der Waals surface area contributed by atoms with Crippen LogP contribution in [0.3, 0.4) is 0 Å². The van der Waals surface area contributed by atoms with Crippen molar-refractivity contribution in [1.82, 2.24) is 14.8 Å². The van der Waals surface area contributed by atoms with Crippen LogP contribution in [0.25, 0.3) is 0 Å². The van der Waals surface area contributed by atoms with Gasteiger partial charge >= 0.3 is 0 Å². The van der Waals surface area contributed by atoms with Crippen LogP contribution < -0.4 is 0 Å². The molecule has 1 aromatic heterocycles. The van der Waals surface area contributed by atoms with Crippen molar-refractivity contribution < 1.29 is 9.59 Å². The molecule has 2 amide bonds. The van der Waals surface area contributed by atoms with Crippen LogP contribution in [0.4, 0.5) is 0 Å². The minimum atomic E-state index is 0.0222. The van der Waals surface area contributed by atoms with Gasteiger partial charge in [0.15, 0.2) is 0 Å². The van der Waals surface area contributed by atoms with Crippen molar-refractivity contribution >= 4 is 23.2 Å². The first kappa shape index (κ1) is 17.0. The van der Waals surface area contributed by atoms with Crippen LogP contribution in [0.2, 0.25) is 0 Å². The highest BCUT2D eigenvalue weighted by Crippen LogP contribution is 2.53. The first-order valence-corrected chi connectivity index (χ1v) is 10.2. The molecule has 1 aliphatic carbocycles. The number of carbonyl (C=O) groups excluding carboxylic acids is 2. The third-order valence-electron chi connectivity index (χ3n) is 6.64. The Bertz CT molecular complexity index is 730. The van der Waals surface area contributed by atoms with E-state index in [9.17, 15) is 9.59 Å². The summed E-state index contributed by atoms with van der Waals surface area (Å²) in [6.45, 7) is 8.55. The molecule has 0 unspecified atom stereocenters. The average molecular weight is 362 g/mol. The van der Waals surface area contributed by atoms with Crippen molar-refractivity contribution in [2.75, 3.05) is 6.54 Å². The lowest BCUT2D eigenvalue weighted by Gasteiger charge is -2.46. The van der Waals surface area contributed by atoms with E-state index in [1.165, 1.54) is 11.3 Å². The quantitative estimate of drug-likeness (QED) is 0.772. The van der Waals surface area contributed by atoms with Crippen LogP contribution in [0.1, 0.15) is 66.3 Å². The van der Waals surface area contributed by atoms with Crippen molar-refractivity contribution in [3.63, 3.8) is 0 Å². The van der Waals surface area contributed by atoms with Gasteiger partial charge in [0.05, 0.1) is 16.7 Å². The lowest BCUT2D eigenvalue weighted by atomic mass is 9.71. The minimum absolute atomic E-state index is 0.0222. The standard InChI is InChI=1S/C19H27N3O2S/c1-11-17(25-12(2)20-11)18(24)21-10-14-9-19(4)15(21)7-5-6-8-16(19)22(14)13(3)23/h14-16H,5-10H2,1-4H3/t14-,15+,16-,19+/m0/s1. The minimum Gasteiger partial charge on any atom is -0.335 e. The van der Waals surface area contributed by atoms with Gasteiger partial charge in [0.1, 0.15) is 4.88 Å². The second-order valence-electron chi connectivity index (χ2n) is 8.21. The van der Waals surface area contributed by atoms with Gasteiger partial charge in [-0.25, -0.2) is 4.98 Å². The summed E-state index contributed by atoms with van der Waals surface area (Å²) in [6, 6.07) is 0.680. The summed E-state index contributed by atoms with van der Waals surface area (Å²) in [5.41, 5.74) is 0.859. The number of nitrogens with zero attached hydrogens (tertiary/aromatic N) is 3. The van der Waals surface area contributed by atoms with Gasteiger partial charge < -0.3 is 9.80 Å². The summed E-state index contributed by atoms with van der Waals surface area (Å²) in [5.74, 6) is 0.286. The Morgan fingerprint density at radius 3 is 2.48 bits per heavy atom. The molecule has 3 aliphatic rings. The predicted molar refractivity (Wildman–Crippen MR) is 97.7 cm³/mol. The zero-order valence-corrected chi connectivity index (χ0v) is 16.4. The molecule has 4 rings (SSSR count). The Kier molecular flexibility index (Phi) is 3.94. The van der Waals surface area contributed by atoms with E-state index in [0.29, 0.717) is 6.54 Å². The summed E-state index contributed by atoms with van der Waals surface area (Å²) in [5, 5.41) is 0.941. The molecular formula is C19H27N3O2S. The first-order valence-electron chi connectivity index (χ1n) is 9.37. The highest BCUT2D eigenvalue weighted by molar-refractivity contribution is 7.13. The zero-order valence-electron chi connectivity index (χ0n) is 15.5. The molecule has 1 saturated carbocycles. The van der Waals surface area contributed by atoms with E-state index < -0.39 is 0 Å². The van der Waals surface area contributed by atoms with E-state index in [1.54, 1.807) is 6.92 Å². The van der Waals surface area contributed by atoms with Crippen molar-refractivity contribution in [2.45, 2.75) is 77.9 Å². The number of piperidine rings is 1. The Hall–Kier alpha value is -1.43. The normalized spacial score (nSPS) is 34.2. The molecule has 0 N–H and O–H groups in total. The monoisotopic (exact) mass is 361 g/mol. The Morgan fingerprint density at radius 2 is 1.88 bits per heavy atom. The first-order chi connectivity index (χ1) is 11.8. The summed E-state index contributed by atoms with van der Waals surface area (Å²) >= 11 is 1.50. The number of amides is 2. The molecule has 0 spiro atoms. The Morgan fingerprint density at radius 1 is 1.20 bits per heavy atom. The van der Waals surface area contributed by atoms with Crippen LogP contribution in [0, 0.1) is 19.3 Å². The Labute approximate surface area is 153 Å². The molecule has 0 aromatic carbocycles. The molecule has 2 saturated heterocycles. The molecular weight excluding hydrogens is 334 g/mol. The second-order valence-corrected chi connectivity index (χ2v) is 9.41. The third kappa shape index (κ3) is 2.44. The number of aryl methyl sites for hydroxylation is 2. The molecule has 6 heteroatoms. The summed E-state index contributed by atoms with van der Waals surface area (Å²) in [4.78, 5) is 35.2. The van der Waals surface area contributed by atoms with E-state index in [-0.39, 0.29) is 35.4 Å². The maximum absolute atomic E-state index is 13.4. The molecule has 4 atom stereocenters. The van der Waals surface area contributed by atoms with Gasteiger partial charge in [-0.05, 0) is 33.1 Å². The highest BCUT2D eigenvalue weighted by Gasteiger charge is 2.60. The summed E-state index contributed by atoms with van der Waals surface area (Å²) in [6.07, 6.45) is 5.44. The Balaban J connectivity index is 1.74. The number of fused-ring (bicyclic) bond motifs is 1. The number of carbonyl (C=O) groups is 2. The fourth-order valence-corrected chi connectivity index (χ4v) is 6.60. The van der Waals surface area contributed by atoms with Crippen molar-refractivity contribution in [3.8, 4) is 0 Å². The fraction of sp³-hybridized carbons (Fsp3) is 0.737. The molecule has 0 radical (unpaired) electrons. The topological polar surface area (TPSA) is 53.5 Å². The van der Waals surface area contributed by atoms with Gasteiger partial charge in [0.25, 0.3) is 5.91 Å². The maximum Gasteiger partial charge on any atom is 0.266 e. The molecule has 136 valence electrons. The van der Waals surface area contributed by atoms with Crippen LogP contribution in [-0.4, -0.2) is 51.3 Å². The fourth-order valence-electron chi connectivity index (χ4n) is 5.73. The molecule has 1 aromatic rings. The van der Waals surface area contributed by atoms with E-state index in [4.69, 9.17) is 0 Å². The molecule has 5 nitrogen and oxygen atoms in total. The third-order valence-corrected chi connectivity index (χ3v) is 7.70. The van der Waals surface area contributed by atoms with Gasteiger partial charge in [0, 0.05) is 31.0 Å². The van der Waals surface area contributed by atoms with E-state index in [1.807, 2.05) is 13.8 Å². The molecule has 2 bridgehead atoms. The van der Waals surface area contributed by atoms with Gasteiger partial charge in [-0.2, -0.15) is 0 Å². The van der Waals surface area contributed by atoms with Gasteiger partial charge in [-0.3, -0.25) is 9.59 Å². The number of likely N-dealkylation sites (tertiary alicyclic amines) is 2. The number of hydrogen-bond acceptors (Lipinski definition) is 4. The largest absolute Gasteiger partial charge is 0.335 e. The van der Waals surface area contributed by atoms with Crippen LogP contribution in [-0.2, 0) is 4.79 Å². The van der Waals surface area contributed by atoms with Crippen LogP contribution in [0.5, 0.6) is 0 Å². The van der Waals surface area contributed by atoms with Crippen LogP contribution >= 0.6 is 11.3 Å². The zero-order chi connectivity index (χ0) is 17.9. The number of thiazole rings is 1.